The average Bonchev–Trinajstić information content (AvgIpc) is 3.08. The number of nitrogens with one attached hydrogen (secondary N) is 1. The van der Waals surface area contributed by atoms with Gasteiger partial charge < -0.3 is 14.8 Å². The molecule has 180 valence electrons. The minimum Gasteiger partial charge on any atom is -0.369 e. The van der Waals surface area contributed by atoms with Crippen LogP contribution in [0.4, 0.5) is 17.2 Å². The molecule has 35 heavy (non-hydrogen) atoms. The number of benzene rings is 2. The fraction of sp³-hybridized carbons (Fsp3) is 0.308. The van der Waals surface area contributed by atoms with E-state index in [1.807, 2.05) is 48.7 Å². The number of amides is 1. The Hall–Kier alpha value is -4.16. The van der Waals surface area contributed by atoms with Crippen LogP contribution in [-0.4, -0.2) is 53.0 Å². The van der Waals surface area contributed by atoms with Gasteiger partial charge in [-0.15, -0.1) is 0 Å². The molecule has 3 aromatic rings. The molecule has 1 fully saturated rings. The Bertz CT molecular complexity index is 1250. The third-order valence-corrected chi connectivity index (χ3v) is 6.55. The summed E-state index contributed by atoms with van der Waals surface area (Å²) in [5.74, 6) is 0.387. The molecule has 0 spiro atoms. The van der Waals surface area contributed by atoms with Crippen molar-refractivity contribution in [3.63, 3.8) is 0 Å². The van der Waals surface area contributed by atoms with E-state index in [0.717, 1.165) is 35.6 Å². The predicted molar refractivity (Wildman–Crippen MR) is 135 cm³/mol. The Morgan fingerprint density at radius 2 is 1.71 bits per heavy atom. The Labute approximate surface area is 204 Å². The van der Waals surface area contributed by atoms with Crippen molar-refractivity contribution in [2.45, 2.75) is 20.4 Å². The second-order valence-electron chi connectivity index (χ2n) is 8.70. The minimum absolute atomic E-state index is 0.0725. The topological polar surface area (TPSA) is 107 Å². The zero-order valence-electron chi connectivity index (χ0n) is 19.9. The molecule has 4 rings (SSSR count). The summed E-state index contributed by atoms with van der Waals surface area (Å²) in [5.41, 5.74) is 4.42. The second kappa shape index (κ2) is 10.4. The number of nitrogens with zero attached hydrogens (tertiary/aromatic N) is 5. The molecule has 0 saturated carbocycles. The lowest BCUT2D eigenvalue weighted by molar-refractivity contribution is -0.384. The number of aromatic nitrogens is 1. The molecular formula is C26H28N6O3. The highest BCUT2D eigenvalue weighted by Gasteiger charge is 2.23. The van der Waals surface area contributed by atoms with Crippen molar-refractivity contribution in [2.24, 2.45) is 0 Å². The van der Waals surface area contributed by atoms with Gasteiger partial charge >= 0.3 is 0 Å². The van der Waals surface area contributed by atoms with Crippen molar-refractivity contribution in [2.75, 3.05) is 42.9 Å². The van der Waals surface area contributed by atoms with Crippen LogP contribution in [0, 0.1) is 35.3 Å². The van der Waals surface area contributed by atoms with Gasteiger partial charge in [-0.05, 0) is 37.1 Å². The molecular weight excluding hydrogens is 444 g/mol. The highest BCUT2D eigenvalue weighted by atomic mass is 16.6. The fourth-order valence-corrected chi connectivity index (χ4v) is 4.42. The van der Waals surface area contributed by atoms with E-state index in [1.54, 1.807) is 12.1 Å². The molecule has 0 radical (unpaired) electrons. The average molecular weight is 473 g/mol. The number of piperazine rings is 1. The van der Waals surface area contributed by atoms with Crippen molar-refractivity contribution in [3.8, 4) is 6.07 Å². The van der Waals surface area contributed by atoms with Crippen LogP contribution in [0.1, 0.15) is 22.4 Å². The van der Waals surface area contributed by atoms with E-state index in [4.69, 9.17) is 0 Å². The van der Waals surface area contributed by atoms with Gasteiger partial charge in [-0.2, -0.15) is 5.26 Å². The van der Waals surface area contributed by atoms with E-state index < -0.39 is 4.92 Å². The summed E-state index contributed by atoms with van der Waals surface area (Å²) in [7, 11) is 0. The maximum absolute atomic E-state index is 13.0. The largest absolute Gasteiger partial charge is 0.369 e. The lowest BCUT2D eigenvalue weighted by atomic mass is 10.2. The monoisotopic (exact) mass is 472 g/mol. The number of nitriles is 1. The van der Waals surface area contributed by atoms with Crippen LogP contribution in [-0.2, 0) is 11.3 Å². The van der Waals surface area contributed by atoms with E-state index >= 15 is 0 Å². The first kappa shape index (κ1) is 24.0. The van der Waals surface area contributed by atoms with Crippen LogP contribution < -0.4 is 10.2 Å². The zero-order chi connectivity index (χ0) is 24.9. The van der Waals surface area contributed by atoms with E-state index in [-0.39, 0.29) is 18.1 Å². The standard InChI is InChI=1S/C26H28N6O3/c1-19-20(2)31(17-21-6-4-3-5-7-21)26(24(19)16-27)28-25(33)18-29-12-14-30(15-13-29)22-8-10-23(11-9-22)32(34)35/h3-11H,12-15,17-18H2,1-2H3,(H,28,33). The van der Waals surface area contributed by atoms with E-state index in [0.29, 0.717) is 31.0 Å². The third-order valence-electron chi connectivity index (χ3n) is 6.55. The molecule has 0 atom stereocenters. The number of nitro benzene ring substituents is 1. The van der Waals surface area contributed by atoms with Crippen LogP contribution in [0.5, 0.6) is 0 Å². The maximum atomic E-state index is 13.0. The maximum Gasteiger partial charge on any atom is 0.269 e. The molecule has 2 aromatic carbocycles. The van der Waals surface area contributed by atoms with E-state index in [1.165, 1.54) is 12.1 Å². The highest BCUT2D eigenvalue weighted by molar-refractivity contribution is 5.93. The van der Waals surface area contributed by atoms with Gasteiger partial charge in [-0.25, -0.2) is 0 Å². The van der Waals surface area contributed by atoms with Crippen LogP contribution in [0.25, 0.3) is 0 Å². The molecule has 1 N–H and O–H groups in total. The molecule has 1 aliphatic heterocycles. The Morgan fingerprint density at radius 3 is 2.31 bits per heavy atom. The molecule has 2 heterocycles. The molecule has 0 bridgehead atoms. The van der Waals surface area contributed by atoms with Crippen LogP contribution in [0.15, 0.2) is 54.6 Å². The number of carbonyl (C=O) groups excluding carboxylic acids is 1. The van der Waals surface area contributed by atoms with Gasteiger partial charge in [-0.3, -0.25) is 19.8 Å². The number of nitro groups is 1. The third kappa shape index (κ3) is 5.34. The number of non-ortho nitro benzene ring substituents is 1. The highest BCUT2D eigenvalue weighted by Crippen LogP contribution is 2.27. The summed E-state index contributed by atoms with van der Waals surface area (Å²) >= 11 is 0. The van der Waals surface area contributed by atoms with Crippen LogP contribution in [0.3, 0.4) is 0 Å². The quantitative estimate of drug-likeness (QED) is 0.415. The van der Waals surface area contributed by atoms with Gasteiger partial charge in [0.15, 0.2) is 0 Å². The molecule has 0 aliphatic carbocycles. The van der Waals surface area contributed by atoms with Gasteiger partial charge in [0, 0.05) is 56.2 Å². The number of carbonyl (C=O) groups is 1. The van der Waals surface area contributed by atoms with Gasteiger partial charge in [0.2, 0.25) is 5.91 Å². The predicted octanol–water partition coefficient (Wildman–Crippen LogP) is 3.69. The molecule has 1 aliphatic rings. The van der Waals surface area contributed by atoms with Crippen molar-refractivity contribution in [1.82, 2.24) is 9.47 Å². The molecule has 9 nitrogen and oxygen atoms in total. The molecule has 0 unspecified atom stereocenters. The number of rotatable bonds is 7. The summed E-state index contributed by atoms with van der Waals surface area (Å²) in [4.78, 5) is 27.7. The summed E-state index contributed by atoms with van der Waals surface area (Å²) in [5, 5.41) is 23.6. The first-order chi connectivity index (χ1) is 16.9. The molecule has 9 heteroatoms. The van der Waals surface area contributed by atoms with Crippen molar-refractivity contribution >= 4 is 23.1 Å². The Balaban J connectivity index is 1.40. The summed E-state index contributed by atoms with van der Waals surface area (Å²) < 4.78 is 1.99. The summed E-state index contributed by atoms with van der Waals surface area (Å²) in [6.45, 7) is 7.49. The Morgan fingerprint density at radius 1 is 1.06 bits per heavy atom. The first-order valence-corrected chi connectivity index (χ1v) is 11.5. The summed E-state index contributed by atoms with van der Waals surface area (Å²) in [6.07, 6.45) is 0. The minimum atomic E-state index is -0.405. The van der Waals surface area contributed by atoms with Crippen molar-refractivity contribution in [3.05, 3.63) is 87.1 Å². The first-order valence-electron chi connectivity index (χ1n) is 11.5. The van der Waals surface area contributed by atoms with Gasteiger partial charge in [-0.1, -0.05) is 30.3 Å². The number of anilines is 2. The van der Waals surface area contributed by atoms with E-state index in [9.17, 15) is 20.2 Å². The number of hydrogen-bond donors (Lipinski definition) is 1. The van der Waals surface area contributed by atoms with Crippen LogP contribution in [0.2, 0.25) is 0 Å². The zero-order valence-corrected chi connectivity index (χ0v) is 19.9. The van der Waals surface area contributed by atoms with Crippen molar-refractivity contribution < 1.29 is 9.72 Å². The molecule has 1 saturated heterocycles. The lowest BCUT2D eigenvalue weighted by Crippen LogP contribution is -2.48. The SMILES string of the molecule is Cc1c(C#N)c(NC(=O)CN2CCN(c3ccc([N+](=O)[O-])cc3)CC2)n(Cc2ccccc2)c1C. The van der Waals surface area contributed by atoms with E-state index in [2.05, 4.69) is 21.2 Å². The fourth-order valence-electron chi connectivity index (χ4n) is 4.42. The second-order valence-corrected chi connectivity index (χ2v) is 8.70. The normalized spacial score (nSPS) is 13.9. The molecule has 1 aromatic heterocycles. The smallest absolute Gasteiger partial charge is 0.269 e. The number of hydrogen-bond acceptors (Lipinski definition) is 6. The van der Waals surface area contributed by atoms with Gasteiger partial charge in [0.1, 0.15) is 11.9 Å². The van der Waals surface area contributed by atoms with Crippen molar-refractivity contribution in [1.29, 1.82) is 5.26 Å². The molecule has 1 amide bonds. The van der Waals surface area contributed by atoms with Crippen LogP contribution >= 0.6 is 0 Å². The Kier molecular flexibility index (Phi) is 7.13. The van der Waals surface area contributed by atoms with Gasteiger partial charge in [0.05, 0.1) is 17.0 Å². The lowest BCUT2D eigenvalue weighted by Gasteiger charge is -2.35. The summed E-state index contributed by atoms with van der Waals surface area (Å²) in [6, 6.07) is 18.8. The van der Waals surface area contributed by atoms with Gasteiger partial charge in [0.25, 0.3) is 5.69 Å².